The van der Waals surface area contributed by atoms with E-state index in [1.54, 1.807) is 0 Å². The molecule has 0 N–H and O–H groups in total. The summed E-state index contributed by atoms with van der Waals surface area (Å²) in [5.41, 5.74) is 0.440. The summed E-state index contributed by atoms with van der Waals surface area (Å²) in [4.78, 5) is 21.4. The van der Waals surface area contributed by atoms with Crippen molar-refractivity contribution < 1.29 is 14.0 Å². The Morgan fingerprint density at radius 3 is 2.18 bits per heavy atom. The Labute approximate surface area is 64.0 Å². The number of furan rings is 1. The smallest absolute Gasteiger partial charge is 0.194 e. The van der Waals surface area contributed by atoms with E-state index in [-0.39, 0.29) is 17.3 Å². The molecule has 0 saturated heterocycles. The molecule has 0 atom stereocenters. The number of rotatable bonds is 2. The summed E-state index contributed by atoms with van der Waals surface area (Å²) in [5.74, 6) is -0.0334. The van der Waals surface area contributed by atoms with Crippen LogP contribution in [0.5, 0.6) is 0 Å². The van der Waals surface area contributed by atoms with Crippen LogP contribution in [0.15, 0.2) is 16.7 Å². The highest BCUT2D eigenvalue weighted by Gasteiger charge is 2.07. The van der Waals surface area contributed by atoms with Crippen molar-refractivity contribution >= 4 is 11.6 Å². The molecule has 58 valence electrons. The van der Waals surface area contributed by atoms with Gasteiger partial charge < -0.3 is 4.42 Å². The zero-order chi connectivity index (χ0) is 8.43. The summed E-state index contributed by atoms with van der Waals surface area (Å²) in [6.45, 7) is 2.82. The van der Waals surface area contributed by atoms with Crippen molar-refractivity contribution in [2.45, 2.75) is 13.8 Å². The second-order valence-corrected chi connectivity index (χ2v) is 2.31. The maximum Gasteiger partial charge on any atom is 0.194 e. The topological polar surface area (TPSA) is 47.3 Å². The molecule has 1 heterocycles. The molecule has 0 bridgehead atoms. The van der Waals surface area contributed by atoms with Gasteiger partial charge in [-0.05, 0) is 13.0 Å². The zero-order valence-electron chi connectivity index (χ0n) is 6.38. The van der Waals surface area contributed by atoms with Crippen LogP contribution in [0.1, 0.15) is 34.8 Å². The lowest BCUT2D eigenvalue weighted by molar-refractivity contribution is 0.0984. The minimum atomic E-state index is -0.169. The van der Waals surface area contributed by atoms with Crippen LogP contribution in [0.25, 0.3) is 0 Å². The van der Waals surface area contributed by atoms with Gasteiger partial charge in [-0.1, -0.05) is 0 Å². The monoisotopic (exact) mass is 152 g/mol. The average Bonchev–Trinajstić information content (AvgIpc) is 2.33. The van der Waals surface area contributed by atoms with Crippen molar-refractivity contribution in [2.75, 3.05) is 0 Å². The molecule has 11 heavy (non-hydrogen) atoms. The van der Waals surface area contributed by atoms with E-state index < -0.39 is 0 Å². The highest BCUT2D eigenvalue weighted by atomic mass is 16.3. The Hall–Kier alpha value is -1.38. The first kappa shape index (κ1) is 7.72. The maximum absolute atomic E-state index is 10.7. The van der Waals surface area contributed by atoms with Crippen molar-refractivity contribution in [3.05, 3.63) is 23.7 Å². The van der Waals surface area contributed by atoms with E-state index >= 15 is 0 Å². The molecular weight excluding hydrogens is 144 g/mol. The molecule has 0 aliphatic heterocycles. The quantitative estimate of drug-likeness (QED) is 0.606. The van der Waals surface area contributed by atoms with Gasteiger partial charge in [-0.3, -0.25) is 9.59 Å². The Balaban J connectivity index is 2.99. The molecule has 0 saturated carbocycles. The third kappa shape index (κ3) is 1.55. The Morgan fingerprint density at radius 1 is 1.27 bits per heavy atom. The van der Waals surface area contributed by atoms with Crippen LogP contribution in [0.3, 0.4) is 0 Å². The number of hydrogen-bond donors (Lipinski definition) is 0. The predicted octanol–water partition coefficient (Wildman–Crippen LogP) is 1.68. The molecule has 0 spiro atoms. The highest BCUT2D eigenvalue weighted by Crippen LogP contribution is 2.08. The van der Waals surface area contributed by atoms with Crippen molar-refractivity contribution in [3.63, 3.8) is 0 Å². The molecule has 0 aromatic carbocycles. The number of carbonyl (C=O) groups excluding carboxylic acids is 2. The van der Waals surface area contributed by atoms with Crippen molar-refractivity contribution in [1.82, 2.24) is 0 Å². The predicted molar refractivity (Wildman–Crippen MR) is 38.7 cm³/mol. The molecule has 0 radical (unpaired) electrons. The molecule has 0 unspecified atom stereocenters. The SMILES string of the molecule is CC(=O)c1coc(C(C)=O)c1. The molecule has 0 amide bonds. The lowest BCUT2D eigenvalue weighted by atomic mass is 10.2. The largest absolute Gasteiger partial charge is 0.460 e. The second-order valence-electron chi connectivity index (χ2n) is 2.31. The fourth-order valence-corrected chi connectivity index (χ4v) is 0.705. The normalized spacial score (nSPS) is 9.64. The summed E-state index contributed by atoms with van der Waals surface area (Å²) in [5, 5.41) is 0. The summed E-state index contributed by atoms with van der Waals surface area (Å²) in [7, 11) is 0. The van der Waals surface area contributed by atoms with Gasteiger partial charge in [-0.2, -0.15) is 0 Å². The van der Waals surface area contributed by atoms with Gasteiger partial charge in [0.1, 0.15) is 6.26 Å². The van der Waals surface area contributed by atoms with Gasteiger partial charge >= 0.3 is 0 Å². The molecule has 0 aliphatic rings. The van der Waals surface area contributed by atoms with E-state index in [0.29, 0.717) is 5.56 Å². The molecule has 3 heteroatoms. The first-order chi connectivity index (χ1) is 5.11. The van der Waals surface area contributed by atoms with Crippen LogP contribution < -0.4 is 0 Å². The lowest BCUT2D eigenvalue weighted by Crippen LogP contribution is -1.89. The van der Waals surface area contributed by atoms with Crippen molar-refractivity contribution in [3.8, 4) is 0 Å². The van der Waals surface area contributed by atoms with Gasteiger partial charge in [0.2, 0.25) is 0 Å². The van der Waals surface area contributed by atoms with Gasteiger partial charge in [0, 0.05) is 6.92 Å². The van der Waals surface area contributed by atoms with Gasteiger partial charge in [-0.15, -0.1) is 0 Å². The van der Waals surface area contributed by atoms with E-state index in [4.69, 9.17) is 4.42 Å². The van der Waals surface area contributed by atoms with Crippen LogP contribution in [-0.4, -0.2) is 11.6 Å². The number of Topliss-reactive ketones (excluding diaryl/α,β-unsaturated/α-hetero) is 2. The number of hydrogen-bond acceptors (Lipinski definition) is 3. The summed E-state index contributed by atoms with van der Waals surface area (Å²) < 4.78 is 4.82. The second kappa shape index (κ2) is 2.70. The van der Waals surface area contributed by atoms with Gasteiger partial charge in [0.05, 0.1) is 5.56 Å². The number of ketones is 2. The van der Waals surface area contributed by atoms with Gasteiger partial charge in [0.15, 0.2) is 17.3 Å². The van der Waals surface area contributed by atoms with E-state index in [0.717, 1.165) is 0 Å². The van der Waals surface area contributed by atoms with Crippen molar-refractivity contribution in [2.24, 2.45) is 0 Å². The highest BCUT2D eigenvalue weighted by molar-refractivity contribution is 5.98. The Bertz CT molecular complexity index is 268. The van der Waals surface area contributed by atoms with Crippen LogP contribution in [0.2, 0.25) is 0 Å². The maximum atomic E-state index is 10.7. The molecule has 1 aromatic rings. The zero-order valence-corrected chi connectivity index (χ0v) is 6.38. The Morgan fingerprint density at radius 2 is 1.91 bits per heavy atom. The van der Waals surface area contributed by atoms with Crippen LogP contribution in [0, 0.1) is 0 Å². The van der Waals surface area contributed by atoms with Crippen LogP contribution in [0.4, 0.5) is 0 Å². The van der Waals surface area contributed by atoms with Gasteiger partial charge in [0.25, 0.3) is 0 Å². The van der Waals surface area contributed by atoms with E-state index in [2.05, 4.69) is 0 Å². The fraction of sp³-hybridized carbons (Fsp3) is 0.250. The number of carbonyl (C=O) groups is 2. The first-order valence-corrected chi connectivity index (χ1v) is 3.21. The Kier molecular flexibility index (Phi) is 1.89. The standard InChI is InChI=1S/C8H8O3/c1-5(9)7-3-8(6(2)10)11-4-7/h3-4H,1-2H3. The van der Waals surface area contributed by atoms with Crippen molar-refractivity contribution in [1.29, 1.82) is 0 Å². The summed E-state index contributed by atoms with van der Waals surface area (Å²) in [6, 6.07) is 1.45. The fourth-order valence-electron chi connectivity index (χ4n) is 0.705. The van der Waals surface area contributed by atoms with E-state index in [9.17, 15) is 9.59 Å². The molecule has 0 fully saturated rings. The molecule has 0 aliphatic carbocycles. The van der Waals surface area contributed by atoms with E-state index in [1.165, 1.54) is 26.2 Å². The third-order valence-corrected chi connectivity index (χ3v) is 1.35. The molecular formula is C8H8O3. The van der Waals surface area contributed by atoms with Crippen LogP contribution >= 0.6 is 0 Å². The van der Waals surface area contributed by atoms with Crippen LogP contribution in [-0.2, 0) is 0 Å². The minimum absolute atomic E-state index is 0.0961. The molecule has 3 nitrogen and oxygen atoms in total. The minimum Gasteiger partial charge on any atom is -0.460 e. The molecule has 1 aromatic heterocycles. The lowest BCUT2D eigenvalue weighted by Gasteiger charge is -1.81. The third-order valence-electron chi connectivity index (χ3n) is 1.35. The average molecular weight is 152 g/mol. The van der Waals surface area contributed by atoms with Gasteiger partial charge in [-0.25, -0.2) is 0 Å². The van der Waals surface area contributed by atoms with E-state index in [1.807, 2.05) is 0 Å². The summed E-state index contributed by atoms with van der Waals surface area (Å²) in [6.07, 6.45) is 1.29. The molecule has 1 rings (SSSR count). The summed E-state index contributed by atoms with van der Waals surface area (Å²) >= 11 is 0. The first-order valence-electron chi connectivity index (χ1n) is 3.21.